The van der Waals surface area contributed by atoms with E-state index in [-0.39, 0.29) is 11.9 Å². The Bertz CT molecular complexity index is 562. The number of anilines is 1. The molecular weight excluding hydrogens is 336 g/mol. The summed E-state index contributed by atoms with van der Waals surface area (Å²) in [7, 11) is 3.50. The second-order valence-electron chi connectivity index (χ2n) is 5.17. The van der Waals surface area contributed by atoms with Gasteiger partial charge in [-0.25, -0.2) is 0 Å². The molecule has 21 heavy (non-hydrogen) atoms. The Morgan fingerprint density at radius 3 is 2.71 bits per heavy atom. The van der Waals surface area contributed by atoms with E-state index in [0.29, 0.717) is 16.6 Å². The van der Waals surface area contributed by atoms with E-state index in [1.807, 2.05) is 17.0 Å². The van der Waals surface area contributed by atoms with Gasteiger partial charge in [0.15, 0.2) is 0 Å². The number of likely N-dealkylation sites (N-methyl/N-ethyl adjacent to an activating group) is 1. The van der Waals surface area contributed by atoms with Crippen LogP contribution in [0.15, 0.2) is 22.7 Å². The molecule has 114 valence electrons. The smallest absolute Gasteiger partial charge is 0.249 e. The Kier molecular flexibility index (Phi) is 4.84. The lowest BCUT2D eigenvalue weighted by Crippen LogP contribution is -2.57. The van der Waals surface area contributed by atoms with Gasteiger partial charge in [-0.1, -0.05) is 0 Å². The lowest BCUT2D eigenvalue weighted by molar-refractivity contribution is -0.130. The number of nitrogens with zero attached hydrogens (tertiary/aromatic N) is 2. The van der Waals surface area contributed by atoms with Gasteiger partial charge < -0.3 is 20.9 Å². The van der Waals surface area contributed by atoms with Crippen LogP contribution in [0.2, 0.25) is 0 Å². The summed E-state index contributed by atoms with van der Waals surface area (Å²) in [5, 5.41) is 3.24. The maximum Gasteiger partial charge on any atom is 0.249 e. The van der Waals surface area contributed by atoms with Gasteiger partial charge in [-0.15, -0.1) is 0 Å². The van der Waals surface area contributed by atoms with Crippen molar-refractivity contribution in [1.82, 2.24) is 10.2 Å². The quantitative estimate of drug-likeness (QED) is 0.824. The normalized spacial score (nSPS) is 18.4. The number of hydrogen-bond acceptors (Lipinski definition) is 4. The second-order valence-corrected chi connectivity index (χ2v) is 6.03. The minimum absolute atomic E-state index is 0.0531. The lowest BCUT2D eigenvalue weighted by atomic mass is 10.1. The van der Waals surface area contributed by atoms with Gasteiger partial charge >= 0.3 is 0 Å². The molecule has 1 aliphatic heterocycles. The van der Waals surface area contributed by atoms with Crippen molar-refractivity contribution in [3.05, 3.63) is 28.2 Å². The van der Waals surface area contributed by atoms with Crippen molar-refractivity contribution in [2.24, 2.45) is 5.73 Å². The highest BCUT2D eigenvalue weighted by Gasteiger charge is 2.30. The molecule has 6 nitrogen and oxygen atoms in total. The van der Waals surface area contributed by atoms with Crippen molar-refractivity contribution in [3.8, 4) is 0 Å². The summed E-state index contributed by atoms with van der Waals surface area (Å²) >= 11 is 3.36. The highest BCUT2D eigenvalue weighted by atomic mass is 79.9. The van der Waals surface area contributed by atoms with Crippen molar-refractivity contribution in [1.29, 1.82) is 0 Å². The van der Waals surface area contributed by atoms with E-state index in [4.69, 9.17) is 5.73 Å². The van der Waals surface area contributed by atoms with E-state index < -0.39 is 5.91 Å². The Morgan fingerprint density at radius 2 is 2.14 bits per heavy atom. The average molecular weight is 355 g/mol. The number of carbonyl (C=O) groups is 2. The summed E-state index contributed by atoms with van der Waals surface area (Å²) in [5.74, 6) is -0.424. The molecule has 1 saturated heterocycles. The molecule has 2 amide bonds. The zero-order chi connectivity index (χ0) is 15.6. The number of carbonyl (C=O) groups excluding carboxylic acids is 2. The molecule has 7 heteroatoms. The Morgan fingerprint density at radius 1 is 1.43 bits per heavy atom. The molecule has 0 spiro atoms. The zero-order valence-corrected chi connectivity index (χ0v) is 13.7. The predicted molar refractivity (Wildman–Crippen MR) is 85.4 cm³/mol. The minimum Gasteiger partial charge on any atom is -0.366 e. The summed E-state index contributed by atoms with van der Waals surface area (Å²) in [4.78, 5) is 27.2. The van der Waals surface area contributed by atoms with Crippen molar-refractivity contribution in [2.45, 2.75) is 6.04 Å². The van der Waals surface area contributed by atoms with Crippen molar-refractivity contribution < 1.29 is 9.59 Å². The minimum atomic E-state index is -0.477. The van der Waals surface area contributed by atoms with Gasteiger partial charge in [0, 0.05) is 43.9 Å². The first-order valence-electron chi connectivity index (χ1n) is 6.69. The van der Waals surface area contributed by atoms with Gasteiger partial charge in [0.25, 0.3) is 0 Å². The molecule has 2 rings (SSSR count). The third kappa shape index (κ3) is 3.36. The molecule has 1 heterocycles. The molecule has 0 aliphatic carbocycles. The van der Waals surface area contributed by atoms with E-state index in [0.717, 1.165) is 18.8 Å². The number of primary amides is 1. The van der Waals surface area contributed by atoms with Crippen molar-refractivity contribution in [2.75, 3.05) is 38.6 Å². The highest BCUT2D eigenvalue weighted by molar-refractivity contribution is 9.10. The van der Waals surface area contributed by atoms with Crippen LogP contribution < -0.4 is 16.0 Å². The van der Waals surface area contributed by atoms with Gasteiger partial charge in [0.1, 0.15) is 6.04 Å². The second kappa shape index (κ2) is 6.44. The standard InChI is InChI=1S/C14H19BrN4O2/c1-18(2)14(21)12-8-17-5-6-19(12)9-3-4-10(13(16)20)11(15)7-9/h3-4,7,12,17H,5-6,8H2,1-2H3,(H2,16,20). The maximum atomic E-state index is 12.3. The van der Waals surface area contributed by atoms with Gasteiger partial charge in [-0.3, -0.25) is 9.59 Å². The fourth-order valence-corrected chi connectivity index (χ4v) is 2.98. The monoisotopic (exact) mass is 354 g/mol. The molecule has 0 aromatic heterocycles. The van der Waals surface area contributed by atoms with Crippen molar-refractivity contribution >= 4 is 33.4 Å². The van der Waals surface area contributed by atoms with E-state index in [9.17, 15) is 9.59 Å². The molecular formula is C14H19BrN4O2. The Balaban J connectivity index is 2.31. The summed E-state index contributed by atoms with van der Waals surface area (Å²) in [6.07, 6.45) is 0. The Hall–Kier alpha value is -1.60. The van der Waals surface area contributed by atoms with E-state index in [1.165, 1.54) is 0 Å². The summed E-state index contributed by atoms with van der Waals surface area (Å²) in [6, 6.07) is 5.09. The number of nitrogens with two attached hydrogens (primary N) is 1. The van der Waals surface area contributed by atoms with Crippen LogP contribution in [-0.4, -0.2) is 56.5 Å². The van der Waals surface area contributed by atoms with Crippen LogP contribution in [0, 0.1) is 0 Å². The number of hydrogen-bond donors (Lipinski definition) is 2. The molecule has 1 aliphatic rings. The topological polar surface area (TPSA) is 78.7 Å². The van der Waals surface area contributed by atoms with Crippen LogP contribution in [0.3, 0.4) is 0 Å². The summed E-state index contributed by atoms with van der Waals surface area (Å²) in [6.45, 7) is 2.14. The fraction of sp³-hybridized carbons (Fsp3) is 0.429. The van der Waals surface area contributed by atoms with E-state index in [2.05, 4.69) is 21.2 Å². The first kappa shape index (κ1) is 15.8. The van der Waals surface area contributed by atoms with Gasteiger partial charge in [0.2, 0.25) is 11.8 Å². The number of amides is 2. The van der Waals surface area contributed by atoms with Crippen LogP contribution in [0.5, 0.6) is 0 Å². The fourth-order valence-electron chi connectivity index (χ4n) is 2.41. The van der Waals surface area contributed by atoms with E-state index >= 15 is 0 Å². The number of halogens is 1. The first-order valence-corrected chi connectivity index (χ1v) is 7.49. The van der Waals surface area contributed by atoms with E-state index in [1.54, 1.807) is 25.1 Å². The lowest BCUT2D eigenvalue weighted by Gasteiger charge is -2.38. The molecule has 0 saturated carbocycles. The molecule has 1 fully saturated rings. The maximum absolute atomic E-state index is 12.3. The number of rotatable bonds is 3. The number of benzene rings is 1. The largest absolute Gasteiger partial charge is 0.366 e. The third-order valence-electron chi connectivity index (χ3n) is 3.52. The number of nitrogens with one attached hydrogen (secondary N) is 1. The van der Waals surface area contributed by atoms with Crippen LogP contribution in [0.1, 0.15) is 10.4 Å². The number of piperazine rings is 1. The predicted octanol–water partition coefficient (Wildman–Crippen LogP) is 0.414. The van der Waals surface area contributed by atoms with Crippen LogP contribution >= 0.6 is 15.9 Å². The molecule has 0 bridgehead atoms. The van der Waals surface area contributed by atoms with Gasteiger partial charge in [0.05, 0.1) is 5.56 Å². The van der Waals surface area contributed by atoms with Crippen molar-refractivity contribution in [3.63, 3.8) is 0 Å². The van der Waals surface area contributed by atoms with Gasteiger partial charge in [-0.2, -0.15) is 0 Å². The third-order valence-corrected chi connectivity index (χ3v) is 4.18. The van der Waals surface area contributed by atoms with Gasteiger partial charge in [-0.05, 0) is 34.1 Å². The van der Waals surface area contributed by atoms with Crippen LogP contribution in [0.25, 0.3) is 0 Å². The molecule has 1 aromatic rings. The molecule has 1 aromatic carbocycles. The Labute approximate surface area is 132 Å². The summed E-state index contributed by atoms with van der Waals surface area (Å²) < 4.78 is 0.641. The molecule has 3 N–H and O–H groups in total. The first-order chi connectivity index (χ1) is 9.91. The summed E-state index contributed by atoms with van der Waals surface area (Å²) in [5.41, 5.74) is 6.64. The highest BCUT2D eigenvalue weighted by Crippen LogP contribution is 2.26. The molecule has 1 unspecified atom stereocenters. The average Bonchev–Trinajstić information content (AvgIpc) is 2.45. The van der Waals surface area contributed by atoms with Crippen LogP contribution in [-0.2, 0) is 4.79 Å². The molecule has 1 atom stereocenters. The molecule has 0 radical (unpaired) electrons. The SMILES string of the molecule is CN(C)C(=O)C1CNCCN1c1ccc(C(N)=O)c(Br)c1. The van der Waals surface area contributed by atoms with Crippen LogP contribution in [0.4, 0.5) is 5.69 Å². The zero-order valence-electron chi connectivity index (χ0n) is 12.1.